The highest BCUT2D eigenvalue weighted by molar-refractivity contribution is 5.82. The Morgan fingerprint density at radius 2 is 2.22 bits per heavy atom. The average Bonchev–Trinajstić information content (AvgIpc) is 2.38. The summed E-state index contributed by atoms with van der Waals surface area (Å²) >= 11 is 0. The van der Waals surface area contributed by atoms with Gasteiger partial charge in [0.25, 0.3) is 0 Å². The molecule has 2 aliphatic heterocycles. The number of carbonyl (C=O) groups excluding carboxylic acids is 1. The van der Waals surface area contributed by atoms with Crippen LogP contribution < -0.4 is 5.32 Å². The molecule has 4 atom stereocenters. The normalized spacial score (nSPS) is 37.6. The molecule has 0 aliphatic carbocycles. The summed E-state index contributed by atoms with van der Waals surface area (Å²) < 4.78 is 5.66. The van der Waals surface area contributed by atoms with Crippen molar-refractivity contribution < 1.29 is 9.53 Å². The quantitative estimate of drug-likeness (QED) is 0.810. The zero-order valence-corrected chi connectivity index (χ0v) is 11.8. The van der Waals surface area contributed by atoms with E-state index in [4.69, 9.17) is 4.74 Å². The van der Waals surface area contributed by atoms with Gasteiger partial charge in [0.05, 0.1) is 24.8 Å². The molecular formula is C14H26N2O2. The van der Waals surface area contributed by atoms with Gasteiger partial charge >= 0.3 is 0 Å². The summed E-state index contributed by atoms with van der Waals surface area (Å²) in [5.74, 6) is 0.728. The number of piperidine rings is 1. The molecule has 2 rings (SSSR count). The topological polar surface area (TPSA) is 41.6 Å². The van der Waals surface area contributed by atoms with Gasteiger partial charge in [0.2, 0.25) is 5.91 Å². The second-order valence-corrected chi connectivity index (χ2v) is 5.75. The Hall–Kier alpha value is -0.610. The third-order valence-corrected chi connectivity index (χ3v) is 4.26. The molecule has 0 spiro atoms. The first-order valence-corrected chi connectivity index (χ1v) is 7.29. The van der Waals surface area contributed by atoms with E-state index in [2.05, 4.69) is 19.2 Å². The average molecular weight is 254 g/mol. The SMILES string of the molecule is CCC1COC(C)CN1C(=O)C1NCCCC1C. The molecule has 1 N–H and O–H groups in total. The molecule has 0 aromatic carbocycles. The third-order valence-electron chi connectivity index (χ3n) is 4.26. The monoisotopic (exact) mass is 254 g/mol. The Balaban J connectivity index is 2.04. The van der Waals surface area contributed by atoms with Crippen LogP contribution in [0.25, 0.3) is 0 Å². The molecule has 0 radical (unpaired) electrons. The molecule has 0 aromatic rings. The molecule has 0 aromatic heterocycles. The second-order valence-electron chi connectivity index (χ2n) is 5.75. The Morgan fingerprint density at radius 1 is 1.44 bits per heavy atom. The van der Waals surface area contributed by atoms with Gasteiger partial charge < -0.3 is 15.0 Å². The summed E-state index contributed by atoms with van der Waals surface area (Å²) in [6.07, 6.45) is 3.47. The number of morpholine rings is 1. The van der Waals surface area contributed by atoms with Crippen molar-refractivity contribution in [3.05, 3.63) is 0 Å². The van der Waals surface area contributed by atoms with Crippen LogP contribution in [0.2, 0.25) is 0 Å². The summed E-state index contributed by atoms with van der Waals surface area (Å²) in [6, 6.07) is 0.266. The van der Waals surface area contributed by atoms with E-state index in [0.717, 1.165) is 25.9 Å². The van der Waals surface area contributed by atoms with E-state index in [1.165, 1.54) is 6.42 Å². The lowest BCUT2D eigenvalue weighted by atomic mass is 9.91. The Kier molecular flexibility index (Phi) is 4.62. The zero-order chi connectivity index (χ0) is 13.1. The highest BCUT2D eigenvalue weighted by Gasteiger charge is 2.36. The number of hydrogen-bond donors (Lipinski definition) is 1. The van der Waals surface area contributed by atoms with Gasteiger partial charge in [-0.2, -0.15) is 0 Å². The van der Waals surface area contributed by atoms with E-state index >= 15 is 0 Å². The smallest absolute Gasteiger partial charge is 0.240 e. The highest BCUT2D eigenvalue weighted by atomic mass is 16.5. The standard InChI is InChI=1S/C14H26N2O2/c1-4-12-9-18-11(3)8-16(12)14(17)13-10(2)6-5-7-15-13/h10-13,15H,4-9H2,1-3H3. The maximum Gasteiger partial charge on any atom is 0.240 e. The zero-order valence-electron chi connectivity index (χ0n) is 11.8. The molecule has 18 heavy (non-hydrogen) atoms. The fourth-order valence-electron chi connectivity index (χ4n) is 3.01. The maximum absolute atomic E-state index is 12.7. The van der Waals surface area contributed by atoms with E-state index in [-0.39, 0.29) is 24.1 Å². The van der Waals surface area contributed by atoms with Gasteiger partial charge in [-0.05, 0) is 38.6 Å². The lowest BCUT2D eigenvalue weighted by Crippen LogP contribution is -2.59. The molecule has 0 bridgehead atoms. The molecule has 104 valence electrons. The van der Waals surface area contributed by atoms with Crippen LogP contribution in [0.1, 0.15) is 40.0 Å². The Labute approximate surface area is 110 Å². The van der Waals surface area contributed by atoms with Crippen LogP contribution in [0, 0.1) is 5.92 Å². The largest absolute Gasteiger partial charge is 0.375 e. The molecule has 4 unspecified atom stereocenters. The number of hydrogen-bond acceptors (Lipinski definition) is 3. The molecule has 2 fully saturated rings. The molecule has 4 heteroatoms. The van der Waals surface area contributed by atoms with Crippen LogP contribution in [-0.4, -0.2) is 48.7 Å². The van der Waals surface area contributed by atoms with Gasteiger partial charge in [0, 0.05) is 6.54 Å². The minimum atomic E-state index is 0.0121. The molecule has 2 heterocycles. The van der Waals surface area contributed by atoms with E-state index in [1.807, 2.05) is 11.8 Å². The van der Waals surface area contributed by atoms with Gasteiger partial charge in [-0.3, -0.25) is 4.79 Å². The van der Waals surface area contributed by atoms with Crippen molar-refractivity contribution in [2.75, 3.05) is 19.7 Å². The molecule has 2 aliphatic rings. The Morgan fingerprint density at radius 3 is 2.89 bits per heavy atom. The van der Waals surface area contributed by atoms with Crippen LogP contribution in [0.3, 0.4) is 0 Å². The minimum absolute atomic E-state index is 0.0121. The fourth-order valence-corrected chi connectivity index (χ4v) is 3.01. The first-order valence-electron chi connectivity index (χ1n) is 7.29. The predicted octanol–water partition coefficient (Wildman–Crippen LogP) is 1.40. The van der Waals surface area contributed by atoms with E-state index < -0.39 is 0 Å². The number of ether oxygens (including phenoxy) is 1. The number of nitrogens with one attached hydrogen (secondary N) is 1. The summed E-state index contributed by atoms with van der Waals surface area (Å²) in [7, 11) is 0. The van der Waals surface area contributed by atoms with Crippen molar-refractivity contribution in [1.29, 1.82) is 0 Å². The van der Waals surface area contributed by atoms with E-state index in [0.29, 0.717) is 12.5 Å². The van der Waals surface area contributed by atoms with Crippen LogP contribution in [-0.2, 0) is 9.53 Å². The fraction of sp³-hybridized carbons (Fsp3) is 0.929. The number of carbonyl (C=O) groups is 1. The van der Waals surface area contributed by atoms with E-state index in [1.54, 1.807) is 0 Å². The van der Waals surface area contributed by atoms with Crippen LogP contribution >= 0.6 is 0 Å². The van der Waals surface area contributed by atoms with Crippen molar-refractivity contribution >= 4 is 5.91 Å². The van der Waals surface area contributed by atoms with Gasteiger partial charge in [-0.25, -0.2) is 0 Å². The summed E-state index contributed by atoms with van der Waals surface area (Å²) in [5, 5.41) is 3.39. The van der Waals surface area contributed by atoms with Gasteiger partial charge in [-0.15, -0.1) is 0 Å². The molecule has 4 nitrogen and oxygen atoms in total. The lowest BCUT2D eigenvalue weighted by molar-refractivity contribution is -0.148. The van der Waals surface area contributed by atoms with E-state index in [9.17, 15) is 4.79 Å². The van der Waals surface area contributed by atoms with Crippen molar-refractivity contribution in [1.82, 2.24) is 10.2 Å². The maximum atomic E-state index is 12.7. The van der Waals surface area contributed by atoms with Crippen molar-refractivity contribution in [3.63, 3.8) is 0 Å². The molecule has 2 saturated heterocycles. The summed E-state index contributed by atoms with van der Waals surface area (Å²) in [5.41, 5.74) is 0. The van der Waals surface area contributed by atoms with Gasteiger partial charge in [0.15, 0.2) is 0 Å². The molecular weight excluding hydrogens is 228 g/mol. The number of amides is 1. The van der Waals surface area contributed by atoms with Gasteiger partial charge in [-0.1, -0.05) is 13.8 Å². The Bertz CT molecular complexity index is 296. The first kappa shape index (κ1) is 13.8. The third kappa shape index (κ3) is 2.86. The second kappa shape index (κ2) is 6.02. The summed E-state index contributed by atoms with van der Waals surface area (Å²) in [6.45, 7) is 8.75. The van der Waals surface area contributed by atoms with Crippen LogP contribution in [0.5, 0.6) is 0 Å². The minimum Gasteiger partial charge on any atom is -0.375 e. The van der Waals surface area contributed by atoms with Crippen LogP contribution in [0.4, 0.5) is 0 Å². The highest BCUT2D eigenvalue weighted by Crippen LogP contribution is 2.21. The van der Waals surface area contributed by atoms with Crippen molar-refractivity contribution in [2.45, 2.75) is 58.2 Å². The van der Waals surface area contributed by atoms with Gasteiger partial charge in [0.1, 0.15) is 0 Å². The van der Waals surface area contributed by atoms with Crippen LogP contribution in [0.15, 0.2) is 0 Å². The number of nitrogens with zero attached hydrogens (tertiary/aromatic N) is 1. The first-order chi connectivity index (χ1) is 8.63. The molecule has 0 saturated carbocycles. The number of rotatable bonds is 2. The predicted molar refractivity (Wildman–Crippen MR) is 71.4 cm³/mol. The van der Waals surface area contributed by atoms with Crippen molar-refractivity contribution in [2.24, 2.45) is 5.92 Å². The summed E-state index contributed by atoms with van der Waals surface area (Å²) in [4.78, 5) is 14.7. The lowest BCUT2D eigenvalue weighted by Gasteiger charge is -2.42. The van der Waals surface area contributed by atoms with Crippen molar-refractivity contribution in [3.8, 4) is 0 Å². The molecule has 1 amide bonds.